The molecule has 5 heteroatoms. The second-order valence-corrected chi connectivity index (χ2v) is 6.40. The number of hydrogen-bond acceptors (Lipinski definition) is 5. The van der Waals surface area contributed by atoms with E-state index in [2.05, 4.69) is 45.1 Å². The Balaban J connectivity index is 1.43. The maximum absolute atomic E-state index is 5.53. The number of aromatic nitrogens is 3. The smallest absolute Gasteiger partial charge is 0.231 e. The van der Waals surface area contributed by atoms with Crippen molar-refractivity contribution in [3.05, 3.63) is 65.8 Å². The molecule has 0 bridgehead atoms. The van der Waals surface area contributed by atoms with Crippen LogP contribution in [0.3, 0.4) is 0 Å². The molecule has 0 unspecified atom stereocenters. The first-order valence-electron chi connectivity index (χ1n) is 8.30. The first-order valence-corrected chi connectivity index (χ1v) is 8.30. The van der Waals surface area contributed by atoms with E-state index in [0.717, 1.165) is 37.5 Å². The molecule has 2 aromatic heterocycles. The molecule has 0 saturated carbocycles. The minimum atomic E-state index is 0.313. The molecule has 3 heterocycles. The lowest BCUT2D eigenvalue weighted by Crippen LogP contribution is -2.19. The van der Waals surface area contributed by atoms with Crippen molar-refractivity contribution in [1.29, 1.82) is 0 Å². The Kier molecular flexibility index (Phi) is 4.09. The lowest BCUT2D eigenvalue weighted by molar-refractivity contribution is 0.309. The molecule has 1 aromatic carbocycles. The molecule has 1 aliphatic rings. The SMILES string of the molecule is Cc1ccc(-c2noc([C@@H]3CCN(Cc4cccnc4)C3)n2)cc1. The summed E-state index contributed by atoms with van der Waals surface area (Å²) in [6, 6.07) is 12.3. The van der Waals surface area contributed by atoms with Crippen molar-refractivity contribution in [3.8, 4) is 11.4 Å². The summed E-state index contributed by atoms with van der Waals surface area (Å²) in [6.45, 7) is 4.98. The third-order valence-electron chi connectivity index (χ3n) is 4.50. The fourth-order valence-electron chi connectivity index (χ4n) is 3.15. The summed E-state index contributed by atoms with van der Waals surface area (Å²) < 4.78 is 5.53. The second-order valence-electron chi connectivity index (χ2n) is 6.40. The van der Waals surface area contributed by atoms with Gasteiger partial charge in [-0.25, -0.2) is 0 Å². The molecule has 3 aromatic rings. The van der Waals surface area contributed by atoms with Gasteiger partial charge in [0.15, 0.2) is 0 Å². The van der Waals surface area contributed by atoms with Crippen molar-refractivity contribution in [2.24, 2.45) is 0 Å². The van der Waals surface area contributed by atoms with Crippen molar-refractivity contribution in [2.75, 3.05) is 13.1 Å². The second kappa shape index (κ2) is 6.53. The number of hydrogen-bond donors (Lipinski definition) is 0. The predicted octanol–water partition coefficient (Wildman–Crippen LogP) is 3.43. The minimum Gasteiger partial charge on any atom is -0.339 e. The van der Waals surface area contributed by atoms with Gasteiger partial charge in [-0.2, -0.15) is 4.98 Å². The van der Waals surface area contributed by atoms with Crippen LogP contribution in [-0.4, -0.2) is 33.1 Å². The lowest BCUT2D eigenvalue weighted by atomic mass is 10.1. The fourth-order valence-corrected chi connectivity index (χ4v) is 3.15. The zero-order valence-electron chi connectivity index (χ0n) is 13.7. The van der Waals surface area contributed by atoms with E-state index in [0.29, 0.717) is 11.7 Å². The normalized spacial score (nSPS) is 18.1. The van der Waals surface area contributed by atoms with E-state index in [1.54, 1.807) is 6.20 Å². The third-order valence-corrected chi connectivity index (χ3v) is 4.50. The number of aryl methyl sites for hydroxylation is 1. The molecule has 24 heavy (non-hydrogen) atoms. The van der Waals surface area contributed by atoms with Gasteiger partial charge in [-0.3, -0.25) is 9.88 Å². The van der Waals surface area contributed by atoms with E-state index in [4.69, 9.17) is 4.52 Å². The summed E-state index contributed by atoms with van der Waals surface area (Å²) in [5.41, 5.74) is 3.47. The monoisotopic (exact) mass is 320 g/mol. The summed E-state index contributed by atoms with van der Waals surface area (Å²) in [6.07, 6.45) is 4.78. The summed E-state index contributed by atoms with van der Waals surface area (Å²) in [5.74, 6) is 1.74. The van der Waals surface area contributed by atoms with Crippen molar-refractivity contribution in [1.82, 2.24) is 20.0 Å². The Morgan fingerprint density at radius 2 is 2.08 bits per heavy atom. The largest absolute Gasteiger partial charge is 0.339 e. The quantitative estimate of drug-likeness (QED) is 0.737. The van der Waals surface area contributed by atoms with E-state index in [9.17, 15) is 0 Å². The van der Waals surface area contributed by atoms with E-state index in [-0.39, 0.29) is 0 Å². The summed E-state index contributed by atoms with van der Waals surface area (Å²) >= 11 is 0. The zero-order chi connectivity index (χ0) is 16.4. The highest BCUT2D eigenvalue weighted by Crippen LogP contribution is 2.28. The maximum atomic E-state index is 5.53. The third kappa shape index (κ3) is 3.21. The van der Waals surface area contributed by atoms with Gasteiger partial charge in [0.25, 0.3) is 0 Å². The molecule has 4 rings (SSSR count). The topological polar surface area (TPSA) is 55.1 Å². The fraction of sp³-hybridized carbons (Fsp3) is 0.316. The first-order chi connectivity index (χ1) is 11.8. The predicted molar refractivity (Wildman–Crippen MR) is 91.3 cm³/mol. The molecule has 5 nitrogen and oxygen atoms in total. The van der Waals surface area contributed by atoms with Crippen LogP contribution in [-0.2, 0) is 6.54 Å². The van der Waals surface area contributed by atoms with Gasteiger partial charge >= 0.3 is 0 Å². The lowest BCUT2D eigenvalue weighted by Gasteiger charge is -2.14. The summed E-state index contributed by atoms with van der Waals surface area (Å²) in [4.78, 5) is 11.2. The van der Waals surface area contributed by atoms with Gasteiger partial charge in [-0.15, -0.1) is 0 Å². The Hall–Kier alpha value is -2.53. The Morgan fingerprint density at radius 3 is 2.88 bits per heavy atom. The van der Waals surface area contributed by atoms with Crippen LogP contribution in [0.5, 0.6) is 0 Å². The zero-order valence-corrected chi connectivity index (χ0v) is 13.7. The molecule has 1 aliphatic heterocycles. The number of nitrogens with zero attached hydrogens (tertiary/aromatic N) is 4. The van der Waals surface area contributed by atoms with Crippen LogP contribution in [0.4, 0.5) is 0 Å². The Morgan fingerprint density at radius 1 is 1.21 bits per heavy atom. The van der Waals surface area contributed by atoms with Gasteiger partial charge in [0.1, 0.15) is 0 Å². The molecule has 0 amide bonds. The molecule has 1 atom stereocenters. The van der Waals surface area contributed by atoms with Crippen LogP contribution >= 0.6 is 0 Å². The van der Waals surface area contributed by atoms with Gasteiger partial charge in [-0.1, -0.05) is 41.1 Å². The van der Waals surface area contributed by atoms with Crippen LogP contribution < -0.4 is 0 Å². The molecule has 0 aliphatic carbocycles. The molecule has 0 spiro atoms. The highest BCUT2D eigenvalue weighted by atomic mass is 16.5. The van der Waals surface area contributed by atoms with Gasteiger partial charge in [0.2, 0.25) is 11.7 Å². The Labute approximate surface area is 141 Å². The number of rotatable bonds is 4. The molecular formula is C19H20N4O. The number of benzene rings is 1. The van der Waals surface area contributed by atoms with Crippen LogP contribution in [0, 0.1) is 6.92 Å². The van der Waals surface area contributed by atoms with Crippen molar-refractivity contribution in [3.63, 3.8) is 0 Å². The van der Waals surface area contributed by atoms with Gasteiger partial charge in [0, 0.05) is 31.0 Å². The molecule has 122 valence electrons. The van der Waals surface area contributed by atoms with E-state index < -0.39 is 0 Å². The van der Waals surface area contributed by atoms with Crippen molar-refractivity contribution < 1.29 is 4.52 Å². The molecule has 1 saturated heterocycles. The highest BCUT2D eigenvalue weighted by Gasteiger charge is 2.28. The van der Waals surface area contributed by atoms with Crippen molar-refractivity contribution >= 4 is 0 Å². The molecule has 0 radical (unpaired) electrons. The maximum Gasteiger partial charge on any atom is 0.231 e. The first kappa shape index (κ1) is 15.0. The van der Waals surface area contributed by atoms with Gasteiger partial charge in [0.05, 0.1) is 5.92 Å². The number of pyridine rings is 1. The average molecular weight is 320 g/mol. The highest BCUT2D eigenvalue weighted by molar-refractivity contribution is 5.54. The molecule has 0 N–H and O–H groups in total. The van der Waals surface area contributed by atoms with Gasteiger partial charge in [-0.05, 0) is 31.5 Å². The van der Waals surface area contributed by atoms with Crippen molar-refractivity contribution in [2.45, 2.75) is 25.8 Å². The van der Waals surface area contributed by atoms with E-state index in [1.165, 1.54) is 11.1 Å². The van der Waals surface area contributed by atoms with Gasteiger partial charge < -0.3 is 4.52 Å². The molecular weight excluding hydrogens is 300 g/mol. The van der Waals surface area contributed by atoms with Crippen LogP contribution in [0.15, 0.2) is 53.3 Å². The summed E-state index contributed by atoms with van der Waals surface area (Å²) in [7, 11) is 0. The van der Waals surface area contributed by atoms with Crippen LogP contribution in [0.25, 0.3) is 11.4 Å². The average Bonchev–Trinajstić information content (AvgIpc) is 3.26. The standard InChI is InChI=1S/C19H20N4O/c1-14-4-6-16(7-5-14)18-21-19(24-22-18)17-8-10-23(13-17)12-15-3-2-9-20-11-15/h2-7,9,11,17H,8,10,12-13H2,1H3/t17-/m1/s1. The minimum absolute atomic E-state index is 0.313. The van der Waals surface area contributed by atoms with Crippen LogP contribution in [0.1, 0.15) is 29.4 Å². The summed E-state index contributed by atoms with van der Waals surface area (Å²) in [5, 5.41) is 4.16. The van der Waals surface area contributed by atoms with E-state index >= 15 is 0 Å². The van der Waals surface area contributed by atoms with Crippen LogP contribution in [0.2, 0.25) is 0 Å². The Bertz CT molecular complexity index is 798. The van der Waals surface area contributed by atoms with E-state index in [1.807, 2.05) is 24.4 Å². The number of likely N-dealkylation sites (tertiary alicyclic amines) is 1. The molecule has 1 fully saturated rings.